The number of benzene rings is 3. The van der Waals surface area contributed by atoms with Crippen LogP contribution < -0.4 is 5.32 Å². The van der Waals surface area contributed by atoms with Gasteiger partial charge in [0, 0.05) is 11.1 Å². The van der Waals surface area contributed by atoms with Crippen LogP contribution in [-0.4, -0.2) is 21.1 Å². The molecule has 0 bridgehead atoms. The molecule has 0 aliphatic carbocycles. The second kappa shape index (κ2) is 7.21. The molecule has 0 spiro atoms. The zero-order valence-electron chi connectivity index (χ0n) is 14.2. The van der Waals surface area contributed by atoms with Gasteiger partial charge in [0.1, 0.15) is 5.82 Å². The van der Waals surface area contributed by atoms with Crippen LogP contribution in [0.3, 0.4) is 0 Å². The molecular weight excluding hydrogens is 343 g/mol. The predicted octanol–water partition coefficient (Wildman–Crippen LogP) is 4.53. The van der Waals surface area contributed by atoms with Gasteiger partial charge in [0.25, 0.3) is 5.91 Å². The van der Waals surface area contributed by atoms with Crippen LogP contribution >= 0.6 is 0 Å². The topological polar surface area (TPSA) is 70.7 Å². The van der Waals surface area contributed by atoms with E-state index in [9.17, 15) is 9.18 Å². The van der Waals surface area contributed by atoms with E-state index in [2.05, 4.69) is 20.5 Å². The first-order valence-corrected chi connectivity index (χ1v) is 8.35. The molecule has 0 fully saturated rings. The lowest BCUT2D eigenvalue weighted by atomic mass is 10.1. The molecule has 1 aromatic heterocycles. The maximum Gasteiger partial charge on any atom is 0.258 e. The normalized spacial score (nSPS) is 10.6. The third-order valence-electron chi connectivity index (χ3n) is 4.07. The lowest BCUT2D eigenvalue weighted by Gasteiger charge is -2.09. The van der Waals surface area contributed by atoms with Gasteiger partial charge in [-0.05, 0) is 24.3 Å². The fourth-order valence-electron chi connectivity index (χ4n) is 2.73. The number of nitrogens with one attached hydrogen (secondary N) is 2. The summed E-state index contributed by atoms with van der Waals surface area (Å²) in [6.07, 6.45) is 0. The lowest BCUT2D eigenvalue weighted by Crippen LogP contribution is -2.14. The molecule has 4 aromatic rings. The minimum Gasteiger partial charge on any atom is -0.321 e. The maximum absolute atomic E-state index is 13.9. The van der Waals surface area contributed by atoms with E-state index >= 15 is 0 Å². The Balaban J connectivity index is 1.65. The van der Waals surface area contributed by atoms with Gasteiger partial charge in [-0.25, -0.2) is 9.37 Å². The molecular formula is C21H15FN4O. The number of aromatic amines is 1. The van der Waals surface area contributed by atoms with E-state index in [4.69, 9.17) is 0 Å². The number of anilines is 1. The van der Waals surface area contributed by atoms with Gasteiger partial charge in [0.05, 0.1) is 11.3 Å². The number of H-pyrrole nitrogens is 1. The smallest absolute Gasteiger partial charge is 0.258 e. The van der Waals surface area contributed by atoms with Gasteiger partial charge >= 0.3 is 0 Å². The van der Waals surface area contributed by atoms with Crippen molar-refractivity contribution in [2.24, 2.45) is 0 Å². The molecule has 2 N–H and O–H groups in total. The predicted molar refractivity (Wildman–Crippen MR) is 102 cm³/mol. The fourth-order valence-corrected chi connectivity index (χ4v) is 2.73. The number of rotatable bonds is 4. The minimum atomic E-state index is -0.571. The summed E-state index contributed by atoms with van der Waals surface area (Å²) in [6, 6.07) is 22.6. The number of carbonyl (C=O) groups is 1. The van der Waals surface area contributed by atoms with E-state index in [1.807, 2.05) is 42.5 Å². The highest BCUT2D eigenvalue weighted by molar-refractivity contribution is 6.06. The molecule has 1 amide bonds. The van der Waals surface area contributed by atoms with Crippen molar-refractivity contribution >= 4 is 11.6 Å². The molecule has 5 nitrogen and oxygen atoms in total. The minimum absolute atomic E-state index is 0.0187. The van der Waals surface area contributed by atoms with Gasteiger partial charge in [-0.3, -0.25) is 9.89 Å². The number of amides is 1. The summed E-state index contributed by atoms with van der Waals surface area (Å²) in [6.45, 7) is 0. The van der Waals surface area contributed by atoms with Crippen molar-refractivity contribution in [1.82, 2.24) is 15.2 Å². The van der Waals surface area contributed by atoms with Crippen LogP contribution in [-0.2, 0) is 0 Å². The van der Waals surface area contributed by atoms with E-state index in [0.29, 0.717) is 22.9 Å². The quantitative estimate of drug-likeness (QED) is 0.563. The molecule has 1 heterocycles. The van der Waals surface area contributed by atoms with Crippen molar-refractivity contribution in [3.63, 3.8) is 0 Å². The Hall–Kier alpha value is -3.80. The zero-order chi connectivity index (χ0) is 18.6. The SMILES string of the molecule is O=C(Nc1ccccc1-c1nc(-c2ccccc2)n[nH]1)c1ccccc1F. The van der Waals surface area contributed by atoms with Crippen LogP contribution in [0.5, 0.6) is 0 Å². The third kappa shape index (κ3) is 3.46. The molecule has 0 saturated carbocycles. The van der Waals surface area contributed by atoms with E-state index in [1.165, 1.54) is 12.1 Å². The van der Waals surface area contributed by atoms with Crippen molar-refractivity contribution in [2.75, 3.05) is 5.32 Å². The summed E-state index contributed by atoms with van der Waals surface area (Å²) in [4.78, 5) is 17.0. The summed E-state index contributed by atoms with van der Waals surface area (Å²) in [5.74, 6) is -0.0269. The monoisotopic (exact) mass is 358 g/mol. The number of aromatic nitrogens is 3. The van der Waals surface area contributed by atoms with Crippen molar-refractivity contribution < 1.29 is 9.18 Å². The molecule has 0 radical (unpaired) electrons. The van der Waals surface area contributed by atoms with Crippen LogP contribution in [0.2, 0.25) is 0 Å². The van der Waals surface area contributed by atoms with Gasteiger partial charge in [0.15, 0.2) is 11.6 Å². The molecule has 0 atom stereocenters. The van der Waals surface area contributed by atoms with Gasteiger partial charge < -0.3 is 5.32 Å². The highest BCUT2D eigenvalue weighted by Crippen LogP contribution is 2.27. The Morgan fingerprint density at radius 1 is 0.889 bits per heavy atom. The van der Waals surface area contributed by atoms with Gasteiger partial charge in [-0.2, -0.15) is 5.10 Å². The largest absolute Gasteiger partial charge is 0.321 e. The number of para-hydroxylation sites is 1. The molecule has 132 valence electrons. The first-order valence-electron chi connectivity index (χ1n) is 8.35. The Morgan fingerprint density at radius 3 is 2.41 bits per heavy atom. The standard InChI is InChI=1S/C21H15FN4O/c22-17-12-6-4-10-15(17)21(27)23-18-13-7-5-11-16(18)20-24-19(25-26-20)14-8-2-1-3-9-14/h1-13H,(H,23,27)(H,24,25,26). The summed E-state index contributed by atoms with van der Waals surface area (Å²) in [5, 5.41) is 9.89. The van der Waals surface area contributed by atoms with Crippen LogP contribution in [0, 0.1) is 5.82 Å². The number of hydrogen-bond donors (Lipinski definition) is 2. The molecule has 4 rings (SSSR count). The Bertz CT molecular complexity index is 1090. The van der Waals surface area contributed by atoms with Crippen molar-refractivity contribution in [3.05, 3.63) is 90.2 Å². The molecule has 0 aliphatic heterocycles. The second-order valence-electron chi connectivity index (χ2n) is 5.85. The van der Waals surface area contributed by atoms with Gasteiger partial charge in [-0.15, -0.1) is 0 Å². The van der Waals surface area contributed by atoms with Crippen LogP contribution in [0.1, 0.15) is 10.4 Å². The van der Waals surface area contributed by atoms with Crippen molar-refractivity contribution in [2.45, 2.75) is 0 Å². The molecule has 0 unspecified atom stereocenters. The summed E-state index contributed by atoms with van der Waals surface area (Å²) in [7, 11) is 0. The van der Waals surface area contributed by atoms with Crippen LogP contribution in [0.4, 0.5) is 10.1 Å². The van der Waals surface area contributed by atoms with E-state index in [0.717, 1.165) is 5.56 Å². The van der Waals surface area contributed by atoms with Gasteiger partial charge in [0.2, 0.25) is 0 Å². The molecule has 0 aliphatic rings. The van der Waals surface area contributed by atoms with Crippen molar-refractivity contribution in [1.29, 1.82) is 0 Å². The van der Waals surface area contributed by atoms with E-state index < -0.39 is 11.7 Å². The zero-order valence-corrected chi connectivity index (χ0v) is 14.2. The number of halogens is 1. The average Bonchev–Trinajstić information content (AvgIpc) is 3.19. The fraction of sp³-hybridized carbons (Fsp3) is 0. The Morgan fingerprint density at radius 2 is 1.59 bits per heavy atom. The number of nitrogens with zero attached hydrogens (tertiary/aromatic N) is 2. The van der Waals surface area contributed by atoms with Crippen LogP contribution in [0.25, 0.3) is 22.8 Å². The number of carbonyl (C=O) groups excluding carboxylic acids is 1. The molecule has 0 saturated heterocycles. The Labute approximate surface area is 154 Å². The summed E-state index contributed by atoms with van der Waals surface area (Å²) < 4.78 is 13.9. The highest BCUT2D eigenvalue weighted by atomic mass is 19.1. The molecule has 27 heavy (non-hydrogen) atoms. The molecule has 3 aromatic carbocycles. The van der Waals surface area contributed by atoms with Gasteiger partial charge in [-0.1, -0.05) is 54.6 Å². The average molecular weight is 358 g/mol. The second-order valence-corrected chi connectivity index (χ2v) is 5.85. The molecule has 6 heteroatoms. The van der Waals surface area contributed by atoms with E-state index in [-0.39, 0.29) is 5.56 Å². The lowest BCUT2D eigenvalue weighted by molar-refractivity contribution is 0.102. The first kappa shape index (κ1) is 16.7. The van der Waals surface area contributed by atoms with Crippen molar-refractivity contribution in [3.8, 4) is 22.8 Å². The number of hydrogen-bond acceptors (Lipinski definition) is 3. The van der Waals surface area contributed by atoms with Crippen LogP contribution in [0.15, 0.2) is 78.9 Å². The third-order valence-corrected chi connectivity index (χ3v) is 4.07. The summed E-state index contributed by atoms with van der Waals surface area (Å²) in [5.41, 5.74) is 2.04. The summed E-state index contributed by atoms with van der Waals surface area (Å²) >= 11 is 0. The maximum atomic E-state index is 13.9. The highest BCUT2D eigenvalue weighted by Gasteiger charge is 2.15. The van der Waals surface area contributed by atoms with E-state index in [1.54, 1.807) is 24.3 Å². The first-order chi connectivity index (χ1) is 13.2. The Kier molecular flexibility index (Phi) is 4.45.